The predicted molar refractivity (Wildman–Crippen MR) is 158 cm³/mol. The number of methoxy groups -OCH3 is 1. The Morgan fingerprint density at radius 3 is 2.78 bits per heavy atom. The quantitative estimate of drug-likeness (QED) is 0.187. The van der Waals surface area contributed by atoms with Crippen LogP contribution in [0.4, 0.5) is 14.6 Å². The van der Waals surface area contributed by atoms with Crippen LogP contribution in [-0.4, -0.2) is 66.5 Å². The highest BCUT2D eigenvalue weighted by atomic mass is 35.5. The first-order chi connectivity index (χ1) is 19.7. The molecule has 216 valence electrons. The third-order valence-corrected chi connectivity index (χ3v) is 8.93. The monoisotopic (exact) mass is 581 g/mol. The van der Waals surface area contributed by atoms with Crippen LogP contribution in [0.1, 0.15) is 38.7 Å². The molecule has 1 aliphatic carbocycles. The normalized spacial score (nSPS) is 21.4. The summed E-state index contributed by atoms with van der Waals surface area (Å²) in [6.07, 6.45) is 5.33. The molecule has 0 unspecified atom stereocenters. The number of ether oxygens (including phenoxy) is 2. The Kier molecular flexibility index (Phi) is 7.46. The van der Waals surface area contributed by atoms with Gasteiger partial charge in [0.2, 0.25) is 5.28 Å². The van der Waals surface area contributed by atoms with Crippen molar-refractivity contribution in [2.24, 2.45) is 5.41 Å². The molecule has 1 aliphatic heterocycles. The molecule has 0 amide bonds. The number of aryl methyl sites for hydroxylation is 1. The highest BCUT2D eigenvalue weighted by molar-refractivity contribution is 6.28. The third-order valence-electron chi connectivity index (χ3n) is 8.76. The SMILES string of the molecule is CCc1c(F)ccc2cc(OCOC)cc(-c3ncc4c(N5CCN(C)C[C@]6(C)CCC[C@@H]56)nc(Cl)nc4c3F)c12. The number of likely N-dealkylation sites (N-methyl/N-ethyl adjacent to an activating group) is 1. The van der Waals surface area contributed by atoms with Crippen LogP contribution in [0.25, 0.3) is 32.9 Å². The Balaban J connectivity index is 1.56. The minimum Gasteiger partial charge on any atom is -0.468 e. The lowest BCUT2D eigenvalue weighted by Crippen LogP contribution is -2.44. The number of nitrogens with zero attached hydrogens (tertiary/aromatic N) is 5. The molecule has 1 saturated carbocycles. The van der Waals surface area contributed by atoms with Crippen LogP contribution in [-0.2, 0) is 11.2 Å². The van der Waals surface area contributed by atoms with Gasteiger partial charge in [-0.1, -0.05) is 26.3 Å². The van der Waals surface area contributed by atoms with Crippen molar-refractivity contribution in [3.05, 3.63) is 52.9 Å². The van der Waals surface area contributed by atoms with Crippen molar-refractivity contribution in [1.29, 1.82) is 0 Å². The second-order valence-corrected chi connectivity index (χ2v) is 11.8. The number of fused-ring (bicyclic) bond motifs is 3. The molecule has 3 heterocycles. The van der Waals surface area contributed by atoms with E-state index in [0.717, 1.165) is 38.9 Å². The van der Waals surface area contributed by atoms with Gasteiger partial charge in [0.1, 0.15) is 28.6 Å². The van der Waals surface area contributed by atoms with Crippen LogP contribution in [0.3, 0.4) is 0 Å². The largest absolute Gasteiger partial charge is 0.468 e. The van der Waals surface area contributed by atoms with E-state index in [1.807, 2.05) is 6.92 Å². The van der Waals surface area contributed by atoms with E-state index < -0.39 is 5.82 Å². The molecule has 0 spiro atoms. The van der Waals surface area contributed by atoms with Crippen molar-refractivity contribution in [2.75, 3.05) is 45.5 Å². The van der Waals surface area contributed by atoms with Gasteiger partial charge in [-0.2, -0.15) is 4.98 Å². The number of hydrogen-bond acceptors (Lipinski definition) is 7. The van der Waals surface area contributed by atoms with Crippen LogP contribution < -0.4 is 9.64 Å². The van der Waals surface area contributed by atoms with Gasteiger partial charge in [-0.05, 0) is 72.4 Å². The molecule has 0 radical (unpaired) electrons. The van der Waals surface area contributed by atoms with Gasteiger partial charge < -0.3 is 19.3 Å². The summed E-state index contributed by atoms with van der Waals surface area (Å²) in [6.45, 7) is 6.80. The van der Waals surface area contributed by atoms with Crippen molar-refractivity contribution in [3.63, 3.8) is 0 Å². The smallest absolute Gasteiger partial charge is 0.225 e. The Morgan fingerprint density at radius 1 is 1.17 bits per heavy atom. The van der Waals surface area contributed by atoms with Crippen molar-refractivity contribution in [3.8, 4) is 17.0 Å². The zero-order valence-electron chi connectivity index (χ0n) is 23.8. The average molecular weight is 582 g/mol. The van der Waals surface area contributed by atoms with Crippen molar-refractivity contribution in [1.82, 2.24) is 19.9 Å². The summed E-state index contributed by atoms with van der Waals surface area (Å²) in [6, 6.07) is 6.80. The van der Waals surface area contributed by atoms with Gasteiger partial charge in [-0.15, -0.1) is 0 Å². The fourth-order valence-corrected chi connectivity index (χ4v) is 7.13. The molecular weight excluding hydrogens is 548 g/mol. The second kappa shape index (κ2) is 10.9. The molecule has 2 aromatic carbocycles. The summed E-state index contributed by atoms with van der Waals surface area (Å²) < 4.78 is 42.4. The van der Waals surface area contributed by atoms with E-state index in [1.54, 1.807) is 24.4 Å². The van der Waals surface area contributed by atoms with Crippen molar-refractivity contribution in [2.45, 2.75) is 45.6 Å². The first kappa shape index (κ1) is 28.0. The lowest BCUT2D eigenvalue weighted by molar-refractivity contribution is 0.0512. The van der Waals surface area contributed by atoms with Crippen molar-refractivity contribution < 1.29 is 18.3 Å². The average Bonchev–Trinajstić information content (AvgIpc) is 3.26. The van der Waals surface area contributed by atoms with E-state index in [2.05, 4.69) is 38.7 Å². The number of pyridine rings is 1. The van der Waals surface area contributed by atoms with Gasteiger partial charge in [0.05, 0.1) is 5.39 Å². The molecule has 1 saturated heterocycles. The van der Waals surface area contributed by atoms with Gasteiger partial charge in [0.15, 0.2) is 12.6 Å². The molecule has 41 heavy (non-hydrogen) atoms. The molecule has 2 aliphatic rings. The summed E-state index contributed by atoms with van der Waals surface area (Å²) in [5.74, 6) is 0.0747. The molecular formula is C31H34ClF2N5O2. The minimum absolute atomic E-state index is 0.0116. The van der Waals surface area contributed by atoms with Crippen LogP contribution in [0.2, 0.25) is 5.28 Å². The van der Waals surface area contributed by atoms with Gasteiger partial charge in [0, 0.05) is 50.0 Å². The maximum Gasteiger partial charge on any atom is 0.225 e. The molecule has 2 aromatic heterocycles. The van der Waals surface area contributed by atoms with Gasteiger partial charge in [-0.25, -0.2) is 13.8 Å². The van der Waals surface area contributed by atoms with E-state index in [4.69, 9.17) is 21.1 Å². The fraction of sp³-hybridized carbons (Fsp3) is 0.452. The fourth-order valence-electron chi connectivity index (χ4n) is 6.97. The summed E-state index contributed by atoms with van der Waals surface area (Å²) in [5, 5.41) is 1.78. The highest BCUT2D eigenvalue weighted by Crippen LogP contribution is 2.46. The van der Waals surface area contributed by atoms with Crippen LogP contribution in [0, 0.1) is 17.0 Å². The van der Waals surface area contributed by atoms with E-state index in [0.29, 0.717) is 45.3 Å². The van der Waals surface area contributed by atoms with E-state index in [1.165, 1.54) is 13.2 Å². The van der Waals surface area contributed by atoms with Crippen LogP contribution >= 0.6 is 11.6 Å². The topological polar surface area (TPSA) is 63.6 Å². The number of anilines is 1. The summed E-state index contributed by atoms with van der Waals surface area (Å²) in [4.78, 5) is 18.3. The Hall–Kier alpha value is -3.14. The number of hydrogen-bond donors (Lipinski definition) is 0. The minimum atomic E-state index is -0.634. The maximum absolute atomic E-state index is 16.6. The number of rotatable bonds is 6. The summed E-state index contributed by atoms with van der Waals surface area (Å²) >= 11 is 6.48. The van der Waals surface area contributed by atoms with E-state index in [-0.39, 0.29) is 40.6 Å². The number of benzene rings is 2. The molecule has 2 atom stereocenters. The molecule has 4 aromatic rings. The first-order valence-electron chi connectivity index (χ1n) is 14.1. The van der Waals surface area contributed by atoms with Gasteiger partial charge >= 0.3 is 0 Å². The van der Waals surface area contributed by atoms with E-state index >= 15 is 4.39 Å². The Labute approximate surface area is 243 Å². The molecule has 7 nitrogen and oxygen atoms in total. The predicted octanol–water partition coefficient (Wildman–Crippen LogP) is 6.63. The zero-order chi connectivity index (χ0) is 28.9. The molecule has 2 fully saturated rings. The van der Waals surface area contributed by atoms with Crippen LogP contribution in [0.5, 0.6) is 5.75 Å². The third kappa shape index (κ3) is 4.87. The number of aromatic nitrogens is 3. The summed E-state index contributed by atoms with van der Waals surface area (Å²) in [7, 11) is 3.67. The van der Waals surface area contributed by atoms with Gasteiger partial charge in [-0.3, -0.25) is 4.98 Å². The first-order valence-corrected chi connectivity index (χ1v) is 14.5. The second-order valence-electron chi connectivity index (χ2n) is 11.5. The Morgan fingerprint density at radius 2 is 2.00 bits per heavy atom. The zero-order valence-corrected chi connectivity index (χ0v) is 24.6. The molecule has 10 heteroatoms. The molecule has 6 rings (SSSR count). The molecule has 0 N–H and O–H groups in total. The van der Waals surface area contributed by atoms with Crippen molar-refractivity contribution >= 4 is 39.1 Å². The lowest BCUT2D eigenvalue weighted by atomic mass is 9.83. The summed E-state index contributed by atoms with van der Waals surface area (Å²) in [5.41, 5.74) is 1.12. The lowest BCUT2D eigenvalue weighted by Gasteiger charge is -2.38. The van der Waals surface area contributed by atoms with Gasteiger partial charge in [0.25, 0.3) is 0 Å². The Bertz CT molecular complexity index is 1640. The molecule has 0 bridgehead atoms. The van der Waals surface area contributed by atoms with E-state index in [9.17, 15) is 4.39 Å². The highest BCUT2D eigenvalue weighted by Gasteiger charge is 2.45. The maximum atomic E-state index is 16.6. The van der Waals surface area contributed by atoms with Crippen LogP contribution in [0.15, 0.2) is 30.5 Å². The number of halogens is 3. The standard InChI is InChI=1S/C31H34ClF2N5O2/c1-5-20-23(33)9-8-18-13-19(41-17-40-4)14-21(25(18)20)27-26(34)28-22(15-35-27)29(37-30(32)36-28)39-12-11-38(3)16-31(2)10-6-7-24(31)39/h8-9,13-15,24H,5-7,10-12,16-17H2,1-4H3/t24-,31+/m1/s1.